The molecule has 0 aromatic heterocycles. The fourth-order valence-electron chi connectivity index (χ4n) is 2.02. The van der Waals surface area contributed by atoms with Crippen molar-refractivity contribution in [1.82, 2.24) is 0 Å². The first-order chi connectivity index (χ1) is 10.1. The van der Waals surface area contributed by atoms with Crippen LogP contribution in [0.5, 0.6) is 0 Å². The fraction of sp³-hybridized carbons (Fsp3) is 0.200. The quantitative estimate of drug-likeness (QED) is 0.647. The molecule has 0 radical (unpaired) electrons. The zero-order valence-electron chi connectivity index (χ0n) is 11.5. The number of halogens is 1. The molecule has 2 rings (SSSR count). The van der Waals surface area contributed by atoms with Crippen molar-refractivity contribution in [3.05, 3.63) is 68.7 Å². The molecular formula is C15H15ClN2O3. The van der Waals surface area contributed by atoms with E-state index >= 15 is 0 Å². The Morgan fingerprint density at radius 1 is 1.24 bits per heavy atom. The van der Waals surface area contributed by atoms with Crippen molar-refractivity contribution in [3.8, 4) is 0 Å². The first-order valence-electron chi connectivity index (χ1n) is 6.35. The number of hydrogen-bond acceptors (Lipinski definition) is 4. The van der Waals surface area contributed by atoms with Crippen LogP contribution >= 0.6 is 11.6 Å². The zero-order valence-corrected chi connectivity index (χ0v) is 12.3. The largest absolute Gasteiger partial charge is 0.380 e. The SMILES string of the molecule is COCc1ccccc1NCc1ccc(Cl)cc1[N+](=O)[O-]. The van der Waals surface area contributed by atoms with E-state index in [1.807, 2.05) is 24.3 Å². The number of para-hydroxylation sites is 1. The van der Waals surface area contributed by atoms with Crippen LogP contribution in [0, 0.1) is 10.1 Å². The first-order valence-corrected chi connectivity index (χ1v) is 6.73. The number of nitrogens with one attached hydrogen (secondary N) is 1. The predicted octanol–water partition coefficient (Wildman–Crippen LogP) is 4.01. The summed E-state index contributed by atoms with van der Waals surface area (Å²) in [5.41, 5.74) is 2.48. The molecule has 0 saturated heterocycles. The van der Waals surface area contributed by atoms with Crippen molar-refractivity contribution >= 4 is 23.0 Å². The molecule has 0 atom stereocenters. The van der Waals surface area contributed by atoms with Crippen LogP contribution in [0.25, 0.3) is 0 Å². The average Bonchev–Trinajstić information content (AvgIpc) is 2.47. The summed E-state index contributed by atoms with van der Waals surface area (Å²) < 4.78 is 5.13. The molecule has 0 amide bonds. The predicted molar refractivity (Wildman–Crippen MR) is 82.6 cm³/mol. The number of hydrogen-bond donors (Lipinski definition) is 1. The van der Waals surface area contributed by atoms with Gasteiger partial charge in [0.1, 0.15) is 0 Å². The lowest BCUT2D eigenvalue weighted by Crippen LogP contribution is -2.05. The van der Waals surface area contributed by atoms with Gasteiger partial charge in [0.05, 0.1) is 11.5 Å². The summed E-state index contributed by atoms with van der Waals surface area (Å²) in [7, 11) is 1.63. The molecule has 0 saturated carbocycles. The lowest BCUT2D eigenvalue weighted by Gasteiger charge is -2.11. The van der Waals surface area contributed by atoms with Crippen molar-refractivity contribution < 1.29 is 9.66 Å². The van der Waals surface area contributed by atoms with Gasteiger partial charge in [0.15, 0.2) is 0 Å². The van der Waals surface area contributed by atoms with Crippen LogP contribution in [-0.2, 0) is 17.9 Å². The topological polar surface area (TPSA) is 64.4 Å². The maximum atomic E-state index is 11.1. The molecule has 2 aromatic rings. The summed E-state index contributed by atoms with van der Waals surface area (Å²) in [6.07, 6.45) is 0. The first kappa shape index (κ1) is 15.3. The Labute approximate surface area is 127 Å². The molecule has 0 fully saturated rings. The number of anilines is 1. The van der Waals surface area contributed by atoms with Gasteiger partial charge in [-0.1, -0.05) is 29.8 Å². The van der Waals surface area contributed by atoms with Gasteiger partial charge < -0.3 is 10.1 Å². The zero-order chi connectivity index (χ0) is 15.2. The Morgan fingerprint density at radius 2 is 2.00 bits per heavy atom. The summed E-state index contributed by atoms with van der Waals surface area (Å²) in [5.74, 6) is 0. The molecular weight excluding hydrogens is 292 g/mol. The molecule has 0 heterocycles. The van der Waals surface area contributed by atoms with Crippen LogP contribution in [-0.4, -0.2) is 12.0 Å². The third-order valence-electron chi connectivity index (χ3n) is 3.03. The van der Waals surface area contributed by atoms with Crippen LogP contribution < -0.4 is 5.32 Å². The molecule has 21 heavy (non-hydrogen) atoms. The summed E-state index contributed by atoms with van der Waals surface area (Å²) in [5, 5.41) is 14.6. The number of nitro groups is 1. The monoisotopic (exact) mass is 306 g/mol. The Kier molecular flexibility index (Phi) is 5.14. The highest BCUT2D eigenvalue weighted by Crippen LogP contribution is 2.25. The maximum absolute atomic E-state index is 11.1. The second kappa shape index (κ2) is 7.06. The van der Waals surface area contributed by atoms with E-state index in [2.05, 4.69) is 5.32 Å². The summed E-state index contributed by atoms with van der Waals surface area (Å²) in [6.45, 7) is 0.820. The highest BCUT2D eigenvalue weighted by Gasteiger charge is 2.14. The molecule has 0 aliphatic carbocycles. The van der Waals surface area contributed by atoms with Crippen molar-refractivity contribution in [2.45, 2.75) is 13.2 Å². The third kappa shape index (κ3) is 3.93. The number of methoxy groups -OCH3 is 1. The Bertz CT molecular complexity index is 647. The van der Waals surface area contributed by atoms with Gasteiger partial charge in [-0.3, -0.25) is 10.1 Å². The summed E-state index contributed by atoms with van der Waals surface area (Å²) >= 11 is 5.80. The van der Waals surface area contributed by atoms with Crippen LogP contribution in [0.4, 0.5) is 11.4 Å². The fourth-order valence-corrected chi connectivity index (χ4v) is 2.19. The second-order valence-electron chi connectivity index (χ2n) is 4.47. The number of benzene rings is 2. The number of nitrogens with zero attached hydrogens (tertiary/aromatic N) is 1. The average molecular weight is 307 g/mol. The molecule has 0 bridgehead atoms. The molecule has 0 aliphatic heterocycles. The Hall–Kier alpha value is -2.11. The van der Waals surface area contributed by atoms with E-state index in [0.29, 0.717) is 23.7 Å². The van der Waals surface area contributed by atoms with Gasteiger partial charge in [-0.05, 0) is 18.2 Å². The van der Waals surface area contributed by atoms with Crippen molar-refractivity contribution in [2.75, 3.05) is 12.4 Å². The molecule has 5 nitrogen and oxygen atoms in total. The van der Waals surface area contributed by atoms with Gasteiger partial charge in [0.2, 0.25) is 0 Å². The number of rotatable bonds is 6. The number of nitro benzene ring substituents is 1. The number of ether oxygens (including phenoxy) is 1. The molecule has 110 valence electrons. The van der Waals surface area contributed by atoms with Gasteiger partial charge in [-0.15, -0.1) is 0 Å². The van der Waals surface area contributed by atoms with E-state index in [4.69, 9.17) is 16.3 Å². The minimum Gasteiger partial charge on any atom is -0.380 e. The van der Waals surface area contributed by atoms with E-state index < -0.39 is 4.92 Å². The van der Waals surface area contributed by atoms with Crippen molar-refractivity contribution in [2.24, 2.45) is 0 Å². The smallest absolute Gasteiger partial charge is 0.275 e. The Balaban J connectivity index is 2.19. The normalized spacial score (nSPS) is 10.4. The maximum Gasteiger partial charge on any atom is 0.275 e. The molecule has 2 aromatic carbocycles. The van der Waals surface area contributed by atoms with E-state index in [0.717, 1.165) is 11.3 Å². The van der Waals surface area contributed by atoms with E-state index in [1.54, 1.807) is 19.2 Å². The van der Waals surface area contributed by atoms with Gasteiger partial charge in [0.25, 0.3) is 5.69 Å². The lowest BCUT2D eigenvalue weighted by molar-refractivity contribution is -0.385. The Morgan fingerprint density at radius 3 is 2.71 bits per heavy atom. The molecule has 0 aliphatic rings. The molecule has 0 unspecified atom stereocenters. The standard InChI is InChI=1S/C15H15ClN2O3/c1-21-10-12-4-2-3-5-14(12)17-9-11-6-7-13(16)8-15(11)18(19)20/h2-8,17H,9-10H2,1H3. The van der Waals surface area contributed by atoms with Crippen LogP contribution in [0.2, 0.25) is 5.02 Å². The van der Waals surface area contributed by atoms with Gasteiger partial charge in [0, 0.05) is 41.6 Å². The lowest BCUT2D eigenvalue weighted by atomic mass is 10.1. The highest BCUT2D eigenvalue weighted by atomic mass is 35.5. The van der Waals surface area contributed by atoms with E-state index in [-0.39, 0.29) is 5.69 Å². The molecule has 0 spiro atoms. The van der Waals surface area contributed by atoms with Crippen molar-refractivity contribution in [1.29, 1.82) is 0 Å². The van der Waals surface area contributed by atoms with E-state index in [9.17, 15) is 10.1 Å². The van der Waals surface area contributed by atoms with E-state index in [1.165, 1.54) is 6.07 Å². The van der Waals surface area contributed by atoms with Crippen LogP contribution in [0.15, 0.2) is 42.5 Å². The summed E-state index contributed by atoms with van der Waals surface area (Å²) in [6, 6.07) is 12.3. The molecule has 6 heteroatoms. The second-order valence-corrected chi connectivity index (χ2v) is 4.91. The van der Waals surface area contributed by atoms with Crippen LogP contribution in [0.3, 0.4) is 0 Å². The van der Waals surface area contributed by atoms with Gasteiger partial charge in [-0.25, -0.2) is 0 Å². The summed E-state index contributed by atoms with van der Waals surface area (Å²) in [4.78, 5) is 10.6. The molecule has 1 N–H and O–H groups in total. The van der Waals surface area contributed by atoms with Gasteiger partial charge in [-0.2, -0.15) is 0 Å². The van der Waals surface area contributed by atoms with Gasteiger partial charge >= 0.3 is 0 Å². The third-order valence-corrected chi connectivity index (χ3v) is 3.27. The minimum absolute atomic E-state index is 0.0132. The van der Waals surface area contributed by atoms with Crippen LogP contribution in [0.1, 0.15) is 11.1 Å². The highest BCUT2D eigenvalue weighted by molar-refractivity contribution is 6.30. The minimum atomic E-state index is -0.427. The van der Waals surface area contributed by atoms with Crippen molar-refractivity contribution in [3.63, 3.8) is 0 Å².